The molecule has 5 aliphatic rings. The fourth-order valence-electron chi connectivity index (χ4n) is 7.91. The third kappa shape index (κ3) is 23.0. The minimum Gasteiger partial charge on any atom is -1.00 e. The van der Waals surface area contributed by atoms with Gasteiger partial charge in [0.2, 0.25) is 0 Å². The minimum absolute atomic E-state index is 0. The van der Waals surface area contributed by atoms with E-state index in [2.05, 4.69) is 143 Å². The van der Waals surface area contributed by atoms with Crippen molar-refractivity contribution in [1.29, 1.82) is 0 Å². The number of aliphatic imine (C=N–C) groups is 1. The molecule has 5 fully saturated rings. The Morgan fingerprint density at radius 2 is 0.614 bits per heavy atom. The van der Waals surface area contributed by atoms with Crippen LogP contribution in [0.25, 0.3) is 0 Å². The first-order valence-electron chi connectivity index (χ1n) is 25.0. The summed E-state index contributed by atoms with van der Waals surface area (Å²) in [6.45, 7) is 18.7. The van der Waals surface area contributed by atoms with Crippen LogP contribution >= 0.6 is 15.8 Å². The summed E-state index contributed by atoms with van der Waals surface area (Å²) in [6.07, 6.45) is 12.8. The predicted octanol–water partition coefficient (Wildman–Crippen LogP) is 5.91. The summed E-state index contributed by atoms with van der Waals surface area (Å²) in [6, 6.07) is 48.7. The second-order valence-corrected chi connectivity index (χ2v) is 22.6. The summed E-state index contributed by atoms with van der Waals surface area (Å²) >= 11 is 0. The number of rotatable bonds is 10. The summed E-state index contributed by atoms with van der Waals surface area (Å²) in [5.74, 6) is 0.467. The van der Waals surface area contributed by atoms with E-state index >= 15 is 5.11 Å². The number of hydrogen-bond donors (Lipinski definition) is 0. The van der Waals surface area contributed by atoms with Crippen LogP contribution in [0.15, 0.2) is 145 Å². The van der Waals surface area contributed by atoms with Crippen molar-refractivity contribution in [2.75, 3.05) is 66.1 Å². The summed E-state index contributed by atoms with van der Waals surface area (Å²) in [7, 11) is -2.20. The molecular weight excluding hydrogens is 991 g/mol. The number of hydrogen-bond acceptors (Lipinski definition) is 7. The van der Waals surface area contributed by atoms with Crippen molar-refractivity contribution < 1.29 is 71.0 Å². The van der Waals surface area contributed by atoms with Gasteiger partial charge in [0.1, 0.15) is 0 Å². The third-order valence-electron chi connectivity index (χ3n) is 11.5. The molecule has 0 spiro atoms. The van der Waals surface area contributed by atoms with Gasteiger partial charge in [-0.25, -0.2) is 0 Å². The number of ether oxygens (including phenoxy) is 5. The normalized spacial score (nSPS) is 15.9. The van der Waals surface area contributed by atoms with E-state index in [0.29, 0.717) is 0 Å². The van der Waals surface area contributed by atoms with Gasteiger partial charge >= 0.3 is 17.4 Å². The van der Waals surface area contributed by atoms with Crippen LogP contribution in [0, 0.1) is 0 Å². The molecule has 7 nitrogen and oxygen atoms in total. The molecule has 5 saturated heterocycles. The van der Waals surface area contributed by atoms with Gasteiger partial charge in [-0.15, -0.1) is 0 Å². The standard InChI is InChI=1S/C38H39NOP2.5C4H8O.2ClH.Cr/c1-28(2)34-26-17-27-35(29(3)4)36(34)39-37(40)38(41(30-18-9-5-10-19-30)31-20-11-6-12-21-31)42(32-22-13-7-14-23-32)33-24-15-8-16-25-33;5*1-2-4-5-3-1;;;/h5-29,38H,1-4H3,(H,39,40);5*1-4H2;2*1H;/q;;;;;;;;+3/p-3. The molecule has 0 N–H and O–H groups in total. The van der Waals surface area contributed by atoms with Gasteiger partial charge in [0.25, 0.3) is 0 Å². The number of benzene rings is 5. The summed E-state index contributed by atoms with van der Waals surface area (Å²) < 4.78 is 24.7. The van der Waals surface area contributed by atoms with Gasteiger partial charge in [0.05, 0.1) is 5.69 Å². The van der Waals surface area contributed by atoms with Crippen LogP contribution in [0.3, 0.4) is 0 Å². The SMILES string of the molecule is C1CCOC1.C1CCOC1.C1CCOC1.C1CCOC1.C1CCOC1.CC(C)c1cccc(C(C)C)c1N=C([O-])C(P(c1ccccc1)c1ccccc1)P(c1ccccc1)c1ccccc1.[Cl-].[Cl-].[Cr+3]. The molecule has 381 valence electrons. The van der Waals surface area contributed by atoms with E-state index < -0.39 is 15.8 Å². The molecule has 12 heteroatoms. The molecule has 0 amide bonds. The minimum atomic E-state index is -1.10. The van der Waals surface area contributed by atoms with Crippen molar-refractivity contribution in [1.82, 2.24) is 0 Å². The average molecular weight is 1070 g/mol. The van der Waals surface area contributed by atoms with Gasteiger partial charge in [0.15, 0.2) is 0 Å². The number of halogens is 2. The first-order valence-corrected chi connectivity index (χ1v) is 27.8. The van der Waals surface area contributed by atoms with E-state index in [1.165, 1.54) is 85.4 Å². The zero-order valence-electron chi connectivity index (χ0n) is 42.1. The van der Waals surface area contributed by atoms with Gasteiger partial charge in [0, 0.05) is 71.5 Å². The molecule has 0 unspecified atom stereocenters. The van der Waals surface area contributed by atoms with Crippen LogP contribution in [-0.2, 0) is 41.0 Å². The largest absolute Gasteiger partial charge is 3.00 e. The van der Waals surface area contributed by atoms with Crippen LogP contribution in [0.4, 0.5) is 5.69 Å². The maximum atomic E-state index is 15.1. The smallest absolute Gasteiger partial charge is 1.00 e. The van der Waals surface area contributed by atoms with Gasteiger partial charge in [-0.05, 0) is 130 Å². The molecule has 0 aliphatic carbocycles. The molecule has 5 aromatic carbocycles. The molecule has 0 bridgehead atoms. The Labute approximate surface area is 447 Å². The fraction of sp³-hybridized carbons (Fsp3) is 0.466. The van der Waals surface area contributed by atoms with Crippen LogP contribution in [0.1, 0.15) is 115 Å². The summed E-state index contributed by atoms with van der Waals surface area (Å²) in [5.41, 5.74) is 3.10. The van der Waals surface area contributed by atoms with Gasteiger partial charge < -0.3 is 53.6 Å². The molecule has 10 rings (SSSR count). The molecule has 0 aromatic heterocycles. The van der Waals surface area contributed by atoms with Crippen LogP contribution in [0.2, 0.25) is 0 Å². The Morgan fingerprint density at radius 1 is 0.386 bits per heavy atom. The van der Waals surface area contributed by atoms with Gasteiger partial charge in [-0.3, -0.25) is 4.99 Å². The van der Waals surface area contributed by atoms with Crippen molar-refractivity contribution in [3.63, 3.8) is 0 Å². The molecule has 70 heavy (non-hydrogen) atoms. The maximum Gasteiger partial charge on any atom is 3.00 e. The molecule has 5 heterocycles. The molecule has 0 atom stereocenters. The second kappa shape index (κ2) is 38.9. The maximum absolute atomic E-state index is 15.1. The van der Waals surface area contributed by atoms with E-state index in [1.807, 2.05) is 24.3 Å². The third-order valence-corrected chi connectivity index (χ3v) is 17.8. The zero-order valence-corrected chi connectivity index (χ0v) is 46.7. The Balaban J connectivity index is 0.000000480. The average Bonchev–Trinajstić information content (AvgIpc) is 4.24. The van der Waals surface area contributed by atoms with Gasteiger partial charge in [-0.1, -0.05) is 167 Å². The van der Waals surface area contributed by atoms with Crippen molar-refractivity contribution in [2.24, 2.45) is 4.99 Å². The van der Waals surface area contributed by atoms with Crippen molar-refractivity contribution in [2.45, 2.75) is 109 Å². The molecule has 5 aromatic rings. The molecule has 0 saturated carbocycles. The zero-order chi connectivity index (χ0) is 47.2. The summed E-state index contributed by atoms with van der Waals surface area (Å²) in [5, 5.41) is 19.5. The first kappa shape index (κ1) is 63.5. The fourth-order valence-corrected chi connectivity index (χ4v) is 14.7. The van der Waals surface area contributed by atoms with E-state index in [0.717, 1.165) is 82.9 Å². The Kier molecular flexibility index (Phi) is 35.3. The number of nitrogens with zero attached hydrogens (tertiary/aromatic N) is 1. The molecular formula is C58H78Cl2CrNO6P2. The first-order chi connectivity index (χ1) is 33.0. The second-order valence-electron chi connectivity index (χ2n) is 17.6. The Hall–Kier alpha value is -2.66. The topological polar surface area (TPSA) is 81.6 Å². The van der Waals surface area contributed by atoms with E-state index in [1.54, 1.807) is 0 Å². The van der Waals surface area contributed by atoms with Crippen LogP contribution in [-0.4, -0.2) is 77.4 Å². The van der Waals surface area contributed by atoms with Crippen molar-refractivity contribution >= 4 is 48.6 Å². The van der Waals surface area contributed by atoms with E-state index in [9.17, 15) is 0 Å². The monoisotopic (exact) mass is 1070 g/mol. The van der Waals surface area contributed by atoms with E-state index in [4.69, 9.17) is 28.7 Å². The van der Waals surface area contributed by atoms with E-state index in [-0.39, 0.29) is 65.3 Å². The van der Waals surface area contributed by atoms with Gasteiger partial charge in [-0.2, -0.15) is 0 Å². The van der Waals surface area contributed by atoms with Crippen molar-refractivity contribution in [3.8, 4) is 0 Å². The Morgan fingerprint density at radius 3 is 0.800 bits per heavy atom. The van der Waals surface area contributed by atoms with Crippen LogP contribution in [0.5, 0.6) is 0 Å². The molecule has 5 aliphatic heterocycles. The van der Waals surface area contributed by atoms with Crippen LogP contribution < -0.4 is 51.1 Å². The quantitative estimate of drug-likeness (QED) is 0.0986. The molecule has 1 radical (unpaired) electrons. The van der Waals surface area contributed by atoms with Crippen molar-refractivity contribution in [3.05, 3.63) is 151 Å². The predicted molar refractivity (Wildman–Crippen MR) is 284 cm³/mol. The summed E-state index contributed by atoms with van der Waals surface area (Å²) in [4.78, 5) is 5.14. The Bertz CT molecular complexity index is 1750. The number of para-hydroxylation sites is 1.